The number of ether oxygens (including phenoxy) is 1. The summed E-state index contributed by atoms with van der Waals surface area (Å²) in [5.41, 5.74) is 7.56. The number of amides is 3. The van der Waals surface area contributed by atoms with E-state index in [1.165, 1.54) is 18.9 Å². The molecule has 6 N–H and O–H groups in total. The molecule has 306 valence electrons. The Labute approximate surface area is 330 Å². The number of hydrogen-bond donors (Lipinski definition) is 5. The van der Waals surface area contributed by atoms with E-state index in [0.29, 0.717) is 37.3 Å². The van der Waals surface area contributed by atoms with Gasteiger partial charge in [0.25, 0.3) is 0 Å². The number of nitrogens with zero attached hydrogens (tertiary/aromatic N) is 2. The number of benzene rings is 2. The van der Waals surface area contributed by atoms with Crippen LogP contribution in [0.5, 0.6) is 0 Å². The highest BCUT2D eigenvalue weighted by Crippen LogP contribution is 2.41. The lowest BCUT2D eigenvalue weighted by molar-refractivity contribution is -0.143. The maximum Gasteiger partial charge on any atom is 0.326 e. The summed E-state index contributed by atoms with van der Waals surface area (Å²) in [5, 5.41) is 23.9. The molecule has 0 aliphatic rings. The molecule has 56 heavy (non-hydrogen) atoms. The van der Waals surface area contributed by atoms with E-state index in [9.17, 15) is 33.5 Å². The Bertz CT molecular complexity index is 1790. The summed E-state index contributed by atoms with van der Waals surface area (Å²) in [4.78, 5) is 64.5. The van der Waals surface area contributed by atoms with Gasteiger partial charge in [0.05, 0.1) is 18.4 Å². The van der Waals surface area contributed by atoms with Crippen molar-refractivity contribution in [3.05, 3.63) is 83.7 Å². The topological polar surface area (TPSA) is 193 Å². The predicted octanol–water partition coefficient (Wildman–Crippen LogP) is 4.83. The van der Waals surface area contributed by atoms with E-state index in [0.717, 1.165) is 23.8 Å². The van der Waals surface area contributed by atoms with Gasteiger partial charge in [-0.3, -0.25) is 19.2 Å². The zero-order valence-corrected chi connectivity index (χ0v) is 33.1. The zero-order chi connectivity index (χ0) is 41.4. The Morgan fingerprint density at radius 2 is 1.68 bits per heavy atom. The highest BCUT2D eigenvalue weighted by atomic mass is 32.2. The molecule has 2 aromatic carbocycles. The predicted molar refractivity (Wildman–Crippen MR) is 210 cm³/mol. The number of halogens is 2. The van der Waals surface area contributed by atoms with Gasteiger partial charge in [-0.2, -0.15) is 11.8 Å². The number of hydrogen-bond acceptors (Lipinski definition) is 8. The van der Waals surface area contributed by atoms with Gasteiger partial charge in [0, 0.05) is 56.1 Å². The maximum atomic E-state index is 15.1. The van der Waals surface area contributed by atoms with Crippen LogP contribution in [0.25, 0.3) is 11.1 Å². The second-order valence-corrected chi connectivity index (χ2v) is 15.5. The van der Waals surface area contributed by atoms with Crippen molar-refractivity contribution in [1.82, 2.24) is 20.1 Å². The van der Waals surface area contributed by atoms with E-state index in [2.05, 4.69) is 10.6 Å². The molecule has 3 amide bonds. The number of thioether (sulfide) groups is 1. The monoisotopic (exact) mass is 801 g/mol. The summed E-state index contributed by atoms with van der Waals surface area (Å²) in [6, 6.07) is 11.5. The lowest BCUT2D eigenvalue weighted by Crippen LogP contribution is -2.52. The minimum absolute atomic E-state index is 0.0427. The molecule has 0 radical (unpaired) electrons. The third-order valence-corrected chi connectivity index (χ3v) is 9.90. The van der Waals surface area contributed by atoms with Crippen molar-refractivity contribution in [2.24, 2.45) is 11.1 Å². The van der Waals surface area contributed by atoms with Crippen LogP contribution in [0.2, 0.25) is 0 Å². The molecule has 3 rings (SSSR count). The van der Waals surface area contributed by atoms with Crippen molar-refractivity contribution in [2.75, 3.05) is 38.3 Å². The lowest BCUT2D eigenvalue weighted by Gasteiger charge is -2.41. The Morgan fingerprint density at radius 1 is 0.964 bits per heavy atom. The summed E-state index contributed by atoms with van der Waals surface area (Å²) in [7, 11) is 1.39. The summed E-state index contributed by atoms with van der Waals surface area (Å²) in [6.45, 7) is 7.02. The number of carbonyl (C=O) groups excluding carboxylic acids is 3. The first-order chi connectivity index (χ1) is 26.5. The molecule has 1 aromatic heterocycles. The molecule has 13 nitrogen and oxygen atoms in total. The highest BCUT2D eigenvalue weighted by molar-refractivity contribution is 7.99. The van der Waals surface area contributed by atoms with E-state index in [4.69, 9.17) is 15.6 Å². The summed E-state index contributed by atoms with van der Waals surface area (Å²) >= 11 is 1.18. The van der Waals surface area contributed by atoms with E-state index >= 15 is 4.39 Å². The van der Waals surface area contributed by atoms with Crippen molar-refractivity contribution in [3.8, 4) is 11.1 Å². The number of methoxy groups -OCH3 is 1. The largest absolute Gasteiger partial charge is 0.481 e. The highest BCUT2D eigenvalue weighted by Gasteiger charge is 2.37. The van der Waals surface area contributed by atoms with Crippen LogP contribution in [0, 0.1) is 17.0 Å². The fourth-order valence-corrected chi connectivity index (χ4v) is 7.13. The van der Waals surface area contributed by atoms with Crippen LogP contribution in [0.3, 0.4) is 0 Å². The maximum absolute atomic E-state index is 15.1. The van der Waals surface area contributed by atoms with E-state index in [1.54, 1.807) is 17.2 Å². The molecule has 0 bridgehead atoms. The second-order valence-electron chi connectivity index (χ2n) is 14.4. The van der Waals surface area contributed by atoms with Gasteiger partial charge in [-0.15, -0.1) is 0 Å². The van der Waals surface area contributed by atoms with Gasteiger partial charge in [0.1, 0.15) is 23.7 Å². The van der Waals surface area contributed by atoms with Crippen LogP contribution < -0.4 is 16.4 Å². The van der Waals surface area contributed by atoms with E-state index in [-0.39, 0.29) is 48.8 Å². The molecule has 3 atom stereocenters. The number of nitrogens with two attached hydrogens (primary N) is 1. The van der Waals surface area contributed by atoms with Gasteiger partial charge in [-0.05, 0) is 66.8 Å². The summed E-state index contributed by atoms with van der Waals surface area (Å²) in [6.07, 6.45) is 1.40. The third-order valence-electron chi connectivity index (χ3n) is 8.92. The van der Waals surface area contributed by atoms with Crippen LogP contribution in [-0.4, -0.2) is 99.7 Å². The molecule has 1 heterocycles. The van der Waals surface area contributed by atoms with Crippen LogP contribution >= 0.6 is 11.8 Å². The SMILES string of the molecule is COCCC(=O)N[C@@H](CCC(=O)O)C(=O)NC(CCSCC(=O)N(CCCN)[C@@H](c1cc(-c2cc(F)ccc2F)cn1Cc1ccccc1)C(C)(C)C)C(=O)O. The van der Waals surface area contributed by atoms with Crippen LogP contribution in [-0.2, 0) is 35.3 Å². The molecule has 3 aromatic rings. The minimum Gasteiger partial charge on any atom is -0.481 e. The van der Waals surface area contributed by atoms with Crippen LogP contribution in [0.15, 0.2) is 60.8 Å². The number of carboxylic acid groups (broad SMARTS) is 2. The lowest BCUT2D eigenvalue weighted by atomic mass is 9.83. The second kappa shape index (κ2) is 22.1. The van der Waals surface area contributed by atoms with Crippen molar-refractivity contribution >= 4 is 41.4 Å². The van der Waals surface area contributed by atoms with Gasteiger partial charge in [0.15, 0.2) is 0 Å². The molecular formula is C40H53F2N5O8S. The Balaban J connectivity index is 1.84. The first-order valence-electron chi connectivity index (χ1n) is 18.4. The average molecular weight is 802 g/mol. The first-order valence-corrected chi connectivity index (χ1v) is 19.5. The molecule has 1 unspecified atom stereocenters. The summed E-state index contributed by atoms with van der Waals surface area (Å²) in [5.74, 6) is -5.25. The number of aliphatic carboxylic acids is 2. The first kappa shape index (κ1) is 45.6. The van der Waals surface area contributed by atoms with Gasteiger partial charge in [0.2, 0.25) is 17.7 Å². The molecule has 0 saturated carbocycles. The molecule has 0 spiro atoms. The van der Waals surface area contributed by atoms with Gasteiger partial charge < -0.3 is 40.8 Å². The van der Waals surface area contributed by atoms with Crippen molar-refractivity contribution < 1.29 is 47.7 Å². The Hall–Kier alpha value is -4.80. The van der Waals surface area contributed by atoms with Gasteiger partial charge >= 0.3 is 11.9 Å². The molecular weight excluding hydrogens is 749 g/mol. The zero-order valence-electron chi connectivity index (χ0n) is 32.3. The molecule has 0 aliphatic carbocycles. The molecule has 16 heteroatoms. The fourth-order valence-electron chi connectivity index (χ4n) is 6.24. The van der Waals surface area contributed by atoms with Crippen LogP contribution in [0.1, 0.15) is 70.2 Å². The minimum atomic E-state index is -1.38. The molecule has 0 saturated heterocycles. The number of nitrogens with one attached hydrogen (secondary N) is 2. The Kier molecular flexibility index (Phi) is 18.0. The Morgan fingerprint density at radius 3 is 2.30 bits per heavy atom. The number of carboxylic acids is 2. The molecule has 0 fully saturated rings. The van der Waals surface area contributed by atoms with Crippen molar-refractivity contribution in [3.63, 3.8) is 0 Å². The van der Waals surface area contributed by atoms with E-state index < -0.39 is 65.3 Å². The van der Waals surface area contributed by atoms with Gasteiger partial charge in [-0.1, -0.05) is 51.1 Å². The number of aromatic nitrogens is 1. The van der Waals surface area contributed by atoms with Crippen LogP contribution in [0.4, 0.5) is 8.78 Å². The number of carbonyl (C=O) groups is 5. The number of rotatable bonds is 23. The smallest absolute Gasteiger partial charge is 0.326 e. The quantitative estimate of drug-likeness (QED) is 0.0831. The van der Waals surface area contributed by atoms with E-state index in [1.807, 2.05) is 55.7 Å². The van der Waals surface area contributed by atoms with Crippen molar-refractivity contribution in [1.29, 1.82) is 0 Å². The molecule has 0 aliphatic heterocycles. The van der Waals surface area contributed by atoms with Gasteiger partial charge in [-0.25, -0.2) is 13.6 Å². The average Bonchev–Trinajstić information content (AvgIpc) is 3.54. The standard InChI is InChI=1S/C40H53F2N5O8S/c1-40(2,3)37(33-21-27(29-22-28(41)11-12-30(29)42)24-46(33)23-26-9-6-5-7-10-26)47(18-8-17-43)35(49)25-56-20-16-32(39(53)54)45-38(52)31(13-14-36(50)51)44-34(48)15-19-55-4/h5-7,9-12,21-22,24,31-32,37H,8,13-20,23,25,43H2,1-4H3,(H,44,48)(H,45,52)(H,50,51)(H,53,54)/t31-,32?,37-/m0/s1. The van der Waals surface area contributed by atoms with Crippen molar-refractivity contribution in [2.45, 2.75) is 77.5 Å². The fraction of sp³-hybridized carbons (Fsp3) is 0.475. The third kappa shape index (κ3) is 14.0. The normalized spacial score (nSPS) is 13.1. The summed E-state index contributed by atoms with van der Waals surface area (Å²) < 4.78 is 36.3.